The zero-order chi connectivity index (χ0) is 18.1. The molecule has 0 saturated carbocycles. The number of benzene rings is 1. The average Bonchev–Trinajstić information content (AvgIpc) is 3.03. The Labute approximate surface area is 146 Å². The highest BCUT2D eigenvalue weighted by Gasteiger charge is 2.35. The molecular weight excluding hydrogens is 350 g/mol. The summed E-state index contributed by atoms with van der Waals surface area (Å²) in [5.74, 6) is -1.22. The van der Waals surface area contributed by atoms with E-state index in [-0.39, 0.29) is 46.8 Å². The van der Waals surface area contributed by atoms with Gasteiger partial charge >= 0.3 is 5.69 Å². The normalized spacial score (nSPS) is 17.7. The lowest BCUT2D eigenvalue weighted by Gasteiger charge is -2.27. The van der Waals surface area contributed by atoms with Gasteiger partial charge in [0.2, 0.25) is 12.5 Å². The largest absolute Gasteiger partial charge is 0.453 e. The summed E-state index contributed by atoms with van der Waals surface area (Å²) in [6, 6.07) is 2.85. The number of amides is 2. The van der Waals surface area contributed by atoms with Gasteiger partial charge in [-0.2, -0.15) is 0 Å². The average molecular weight is 361 g/mol. The summed E-state index contributed by atoms with van der Waals surface area (Å²) in [7, 11) is 0. The number of hydrogen-bond acceptors (Lipinski definition) is 7. The number of carbonyl (C=O) groups excluding carboxylic acids is 2. The molecule has 3 rings (SSSR count). The van der Waals surface area contributed by atoms with Crippen LogP contribution in [-0.2, 0) is 9.59 Å². The Balaban J connectivity index is 2.09. The van der Waals surface area contributed by atoms with Crippen molar-refractivity contribution < 1.29 is 24.0 Å². The van der Waals surface area contributed by atoms with Crippen LogP contribution in [0, 0.1) is 10.1 Å². The van der Waals surface area contributed by atoms with Crippen molar-refractivity contribution in [3.8, 4) is 11.5 Å². The second-order valence-electron chi connectivity index (χ2n) is 5.02. The van der Waals surface area contributed by atoms with Gasteiger partial charge in [-0.3, -0.25) is 29.9 Å². The zero-order valence-electron chi connectivity index (χ0n) is 12.7. The number of nitrogens with zero attached hydrogens (tertiary/aromatic N) is 2. The van der Waals surface area contributed by atoms with Gasteiger partial charge in [-0.25, -0.2) is 0 Å². The Hall–Kier alpha value is -3.27. The molecule has 25 heavy (non-hydrogen) atoms. The molecule has 128 valence electrons. The fraction of sp³-hybridized carbons (Fsp3) is 0.133. The van der Waals surface area contributed by atoms with Crippen molar-refractivity contribution in [3.63, 3.8) is 0 Å². The number of nitrogens with one attached hydrogen (secondary N) is 1. The Bertz CT molecular complexity index is 863. The molecule has 0 bridgehead atoms. The molecule has 2 aliphatic heterocycles. The van der Waals surface area contributed by atoms with Gasteiger partial charge in [-0.1, -0.05) is 6.08 Å². The number of rotatable bonds is 4. The first-order valence-electron chi connectivity index (χ1n) is 7.00. The first-order chi connectivity index (χ1) is 11.9. The Morgan fingerprint density at radius 1 is 1.40 bits per heavy atom. The third-order valence-electron chi connectivity index (χ3n) is 3.52. The second kappa shape index (κ2) is 6.32. The van der Waals surface area contributed by atoms with E-state index in [0.29, 0.717) is 0 Å². The lowest BCUT2D eigenvalue weighted by Crippen LogP contribution is -2.53. The maximum absolute atomic E-state index is 12.5. The molecule has 2 aliphatic rings. The summed E-state index contributed by atoms with van der Waals surface area (Å²) < 4.78 is 10.2. The van der Waals surface area contributed by atoms with Crippen molar-refractivity contribution in [2.75, 3.05) is 13.3 Å². The molecule has 9 nitrogen and oxygen atoms in total. The molecule has 1 fully saturated rings. The monoisotopic (exact) mass is 361 g/mol. The number of carbonyl (C=O) groups is 2. The van der Waals surface area contributed by atoms with E-state index in [1.807, 2.05) is 0 Å². The molecule has 0 spiro atoms. The van der Waals surface area contributed by atoms with Gasteiger partial charge < -0.3 is 9.47 Å². The summed E-state index contributed by atoms with van der Waals surface area (Å²) in [6.45, 7) is 3.48. The lowest BCUT2D eigenvalue weighted by atomic mass is 10.0. The van der Waals surface area contributed by atoms with E-state index in [9.17, 15) is 19.7 Å². The minimum absolute atomic E-state index is 0.0403. The minimum Gasteiger partial charge on any atom is -0.453 e. The molecule has 2 heterocycles. The smallest absolute Gasteiger partial charge is 0.322 e. The van der Waals surface area contributed by atoms with E-state index < -0.39 is 16.7 Å². The number of nitro groups is 1. The van der Waals surface area contributed by atoms with Crippen molar-refractivity contribution >= 4 is 40.9 Å². The topological polar surface area (TPSA) is 111 Å². The van der Waals surface area contributed by atoms with Gasteiger partial charge in [0.25, 0.3) is 11.8 Å². The van der Waals surface area contributed by atoms with E-state index in [4.69, 9.17) is 21.7 Å². The molecule has 10 heteroatoms. The number of fused-ring (bicyclic) bond motifs is 1. The molecule has 1 aromatic carbocycles. The molecule has 2 amide bonds. The van der Waals surface area contributed by atoms with Gasteiger partial charge in [0.15, 0.2) is 10.9 Å². The minimum atomic E-state index is -0.734. The van der Waals surface area contributed by atoms with Crippen molar-refractivity contribution in [1.82, 2.24) is 10.2 Å². The van der Waals surface area contributed by atoms with Crippen LogP contribution in [0.4, 0.5) is 5.69 Å². The van der Waals surface area contributed by atoms with E-state index >= 15 is 0 Å². The summed E-state index contributed by atoms with van der Waals surface area (Å²) >= 11 is 4.95. The first kappa shape index (κ1) is 16.6. The van der Waals surface area contributed by atoms with Crippen molar-refractivity contribution in [3.05, 3.63) is 46.0 Å². The molecule has 0 aliphatic carbocycles. The van der Waals surface area contributed by atoms with E-state index in [1.165, 1.54) is 18.2 Å². The number of hydrogen-bond donors (Lipinski definition) is 1. The zero-order valence-corrected chi connectivity index (χ0v) is 13.5. The van der Waals surface area contributed by atoms with Crippen LogP contribution in [0.3, 0.4) is 0 Å². The number of nitro benzene ring substituents is 1. The molecular formula is C15H11N3O6S. The number of ether oxygens (including phenoxy) is 2. The molecule has 1 saturated heterocycles. The van der Waals surface area contributed by atoms with Crippen LogP contribution in [0.25, 0.3) is 6.08 Å². The molecule has 0 aromatic heterocycles. The van der Waals surface area contributed by atoms with E-state index in [1.54, 1.807) is 0 Å². The molecule has 1 N–H and O–H groups in total. The number of thiocarbonyl (C=S) groups is 1. The highest BCUT2D eigenvalue weighted by Crippen LogP contribution is 2.43. The third-order valence-corrected chi connectivity index (χ3v) is 3.85. The predicted molar refractivity (Wildman–Crippen MR) is 89.8 cm³/mol. The Morgan fingerprint density at radius 2 is 2.16 bits per heavy atom. The summed E-state index contributed by atoms with van der Waals surface area (Å²) in [5.41, 5.74) is -0.622. The van der Waals surface area contributed by atoms with Gasteiger partial charge in [-0.15, -0.1) is 6.58 Å². The maximum atomic E-state index is 12.5. The fourth-order valence-corrected chi connectivity index (χ4v) is 2.67. The predicted octanol–water partition coefficient (Wildman–Crippen LogP) is 1.14. The lowest BCUT2D eigenvalue weighted by molar-refractivity contribution is -0.385. The summed E-state index contributed by atoms with van der Waals surface area (Å²) in [6.07, 6.45) is 2.58. The highest BCUT2D eigenvalue weighted by atomic mass is 32.1. The molecule has 1 aromatic rings. The van der Waals surface area contributed by atoms with Gasteiger partial charge in [0.1, 0.15) is 5.57 Å². The first-order valence-corrected chi connectivity index (χ1v) is 7.41. The highest BCUT2D eigenvalue weighted by molar-refractivity contribution is 7.80. The molecule has 0 radical (unpaired) electrons. The summed E-state index contributed by atoms with van der Waals surface area (Å²) in [4.78, 5) is 36.5. The quantitative estimate of drug-likeness (QED) is 0.214. The Morgan fingerprint density at radius 3 is 2.84 bits per heavy atom. The maximum Gasteiger partial charge on any atom is 0.322 e. The van der Waals surface area contributed by atoms with E-state index in [2.05, 4.69) is 11.9 Å². The molecule has 0 atom stereocenters. The van der Waals surface area contributed by atoms with Gasteiger partial charge in [0, 0.05) is 6.54 Å². The van der Waals surface area contributed by atoms with Crippen LogP contribution < -0.4 is 14.8 Å². The van der Waals surface area contributed by atoms with Crippen LogP contribution in [0.5, 0.6) is 11.5 Å². The fourth-order valence-electron chi connectivity index (χ4n) is 2.42. The summed E-state index contributed by atoms with van der Waals surface area (Å²) in [5, 5.41) is 13.7. The van der Waals surface area contributed by atoms with Crippen LogP contribution in [-0.4, -0.2) is 40.1 Å². The standard InChI is InChI=1S/C15H11N3O6S/c1-2-5-17-14(20)9(13(19)16-15(17)25)6-8-3-4-10-12(24-7-23-10)11(8)18(21)22/h2-4,6H,1,5,7H2,(H,16,19,25). The van der Waals surface area contributed by atoms with Crippen molar-refractivity contribution in [2.45, 2.75) is 0 Å². The third kappa shape index (κ3) is 2.83. The van der Waals surface area contributed by atoms with Crippen LogP contribution in [0.1, 0.15) is 5.56 Å². The van der Waals surface area contributed by atoms with Crippen LogP contribution in [0.2, 0.25) is 0 Å². The van der Waals surface area contributed by atoms with Crippen molar-refractivity contribution in [1.29, 1.82) is 0 Å². The van der Waals surface area contributed by atoms with Gasteiger partial charge in [-0.05, 0) is 30.4 Å². The second-order valence-corrected chi connectivity index (χ2v) is 5.40. The van der Waals surface area contributed by atoms with Gasteiger partial charge in [0.05, 0.1) is 10.5 Å². The van der Waals surface area contributed by atoms with E-state index in [0.717, 1.165) is 11.0 Å². The van der Waals surface area contributed by atoms with Crippen molar-refractivity contribution in [2.24, 2.45) is 0 Å². The SMILES string of the molecule is C=CCN1C(=O)C(=Cc2ccc3c(c2[N+](=O)[O-])OCO3)C(=O)NC1=S. The molecule has 0 unspecified atom stereocenters. The van der Waals surface area contributed by atoms with Crippen LogP contribution in [0.15, 0.2) is 30.4 Å². The Kier molecular flexibility index (Phi) is 4.19. The van der Waals surface area contributed by atoms with Crippen LogP contribution >= 0.6 is 12.2 Å².